The molecule has 1 N–H and O–H groups in total. The van der Waals surface area contributed by atoms with Gasteiger partial charge in [-0.05, 0) is 72.4 Å². The molecule has 12 heteroatoms. The van der Waals surface area contributed by atoms with Crippen molar-refractivity contribution in [2.24, 2.45) is 23.7 Å². The van der Waals surface area contributed by atoms with Gasteiger partial charge in [0, 0.05) is 23.1 Å². The van der Waals surface area contributed by atoms with Crippen molar-refractivity contribution in [1.29, 1.82) is 0 Å². The van der Waals surface area contributed by atoms with Crippen LogP contribution < -0.4 is 14.5 Å². The van der Waals surface area contributed by atoms with Crippen LogP contribution in [0, 0.1) is 33.8 Å². The molecule has 0 bridgehead atoms. The number of amides is 4. The fourth-order valence-electron chi connectivity index (χ4n) is 9.02. The number of hydrogen-bond acceptors (Lipinski definition) is 8. The van der Waals surface area contributed by atoms with Crippen LogP contribution in [0.1, 0.15) is 29.9 Å². The van der Waals surface area contributed by atoms with Gasteiger partial charge in [-0.2, -0.15) is 0 Å². The number of rotatable bonds is 8. The highest BCUT2D eigenvalue weighted by Gasteiger charge is 2.70. The highest BCUT2D eigenvalue weighted by atomic mass is 35.5. The van der Waals surface area contributed by atoms with E-state index in [9.17, 15) is 29.6 Å². The minimum absolute atomic E-state index is 0.0953. The van der Waals surface area contributed by atoms with Crippen LogP contribution >= 0.6 is 11.6 Å². The Balaban J connectivity index is 1.30. The van der Waals surface area contributed by atoms with Crippen molar-refractivity contribution < 1.29 is 33.9 Å². The molecule has 2 saturated heterocycles. The van der Waals surface area contributed by atoms with Crippen LogP contribution in [0.25, 0.3) is 0 Å². The number of carbonyl (C=O) groups is 4. The topological polar surface area (TPSA) is 147 Å². The van der Waals surface area contributed by atoms with E-state index >= 15 is 4.79 Å². The highest BCUT2D eigenvalue weighted by Crippen LogP contribution is 2.64. The van der Waals surface area contributed by atoms with Gasteiger partial charge < -0.3 is 9.84 Å². The second-order valence-corrected chi connectivity index (χ2v) is 14.0. The molecular formula is C40H32ClN3O8. The first-order valence-electron chi connectivity index (χ1n) is 17.0. The quantitative estimate of drug-likeness (QED) is 0.101. The van der Waals surface area contributed by atoms with Crippen molar-refractivity contribution in [2.45, 2.75) is 24.2 Å². The second-order valence-electron chi connectivity index (χ2n) is 13.5. The summed E-state index contributed by atoms with van der Waals surface area (Å²) in [5, 5.41) is 21.0. The van der Waals surface area contributed by atoms with Crippen LogP contribution in [0.15, 0.2) is 115 Å². The summed E-state index contributed by atoms with van der Waals surface area (Å²) in [6.45, 7) is -0.0715. The summed E-state index contributed by atoms with van der Waals surface area (Å²) in [7, 11) is 0. The van der Waals surface area contributed by atoms with E-state index in [0.29, 0.717) is 22.0 Å². The molecule has 11 nitrogen and oxygen atoms in total. The average molecular weight is 718 g/mol. The number of hydrogen-bond donors (Lipinski definition) is 1. The molecule has 262 valence electrons. The van der Waals surface area contributed by atoms with E-state index in [4.69, 9.17) is 16.3 Å². The van der Waals surface area contributed by atoms with Gasteiger partial charge in [-0.15, -0.1) is 0 Å². The molecule has 0 radical (unpaired) electrons. The monoisotopic (exact) mass is 717 g/mol. The zero-order valence-electron chi connectivity index (χ0n) is 27.6. The van der Waals surface area contributed by atoms with Gasteiger partial charge in [-0.3, -0.25) is 34.2 Å². The van der Waals surface area contributed by atoms with Crippen molar-refractivity contribution >= 4 is 52.3 Å². The minimum Gasteiger partial charge on any atom is -0.491 e. The van der Waals surface area contributed by atoms with E-state index in [1.807, 2.05) is 48.5 Å². The van der Waals surface area contributed by atoms with Crippen LogP contribution in [0.4, 0.5) is 17.1 Å². The SMILES string of the molecule is O=C1C2CC=C3C(CC4C(=O)N(c5cccc(Cl)c5)C(=O)C4(c4ccccc4)C3c3ccc(OCCO)cc3)C2C(=O)N1c1ccc([N+](=O)[O-])cc1. The molecule has 8 rings (SSSR count). The number of non-ortho nitro benzene ring substituents is 1. The van der Waals surface area contributed by atoms with Crippen molar-refractivity contribution in [3.63, 3.8) is 0 Å². The van der Waals surface area contributed by atoms with E-state index in [1.165, 1.54) is 29.2 Å². The van der Waals surface area contributed by atoms with Crippen molar-refractivity contribution in [2.75, 3.05) is 23.0 Å². The summed E-state index contributed by atoms with van der Waals surface area (Å²) < 4.78 is 5.65. The number of halogens is 1. The van der Waals surface area contributed by atoms with Crippen molar-refractivity contribution in [1.82, 2.24) is 0 Å². The first kappa shape index (κ1) is 33.5. The number of benzene rings is 4. The number of nitrogens with zero attached hydrogens (tertiary/aromatic N) is 3. The summed E-state index contributed by atoms with van der Waals surface area (Å²) >= 11 is 6.38. The number of aliphatic hydroxyl groups is 1. The summed E-state index contributed by atoms with van der Waals surface area (Å²) in [4.78, 5) is 71.7. The number of imide groups is 2. The van der Waals surface area contributed by atoms with Gasteiger partial charge in [-0.25, -0.2) is 4.90 Å². The molecule has 2 aliphatic heterocycles. The van der Waals surface area contributed by atoms with Crippen LogP contribution in [-0.4, -0.2) is 46.9 Å². The maximum Gasteiger partial charge on any atom is 0.269 e. The largest absolute Gasteiger partial charge is 0.491 e. The minimum atomic E-state index is -1.42. The summed E-state index contributed by atoms with van der Waals surface area (Å²) in [5.74, 6) is -4.93. The molecule has 2 aliphatic carbocycles. The summed E-state index contributed by atoms with van der Waals surface area (Å²) in [6, 6.07) is 28.3. The lowest BCUT2D eigenvalue weighted by atomic mass is 9.49. The van der Waals surface area contributed by atoms with Crippen LogP contribution in [0.3, 0.4) is 0 Å². The van der Waals surface area contributed by atoms with E-state index in [2.05, 4.69) is 0 Å². The molecule has 2 heterocycles. The summed E-state index contributed by atoms with van der Waals surface area (Å²) in [6.07, 6.45) is 2.33. The Kier molecular flexibility index (Phi) is 8.27. The number of allylic oxidation sites excluding steroid dienone is 2. The second kappa shape index (κ2) is 12.8. The Morgan fingerprint density at radius 1 is 0.827 bits per heavy atom. The smallest absolute Gasteiger partial charge is 0.269 e. The zero-order chi connectivity index (χ0) is 36.3. The zero-order valence-corrected chi connectivity index (χ0v) is 28.4. The molecule has 1 saturated carbocycles. The van der Waals surface area contributed by atoms with Crippen molar-refractivity contribution in [3.05, 3.63) is 141 Å². The normalized spacial score (nSPS) is 26.5. The highest BCUT2D eigenvalue weighted by molar-refractivity contribution is 6.32. The Bertz CT molecular complexity index is 2160. The van der Waals surface area contributed by atoms with Gasteiger partial charge >= 0.3 is 0 Å². The predicted molar refractivity (Wildman–Crippen MR) is 191 cm³/mol. The number of fused-ring (bicyclic) bond motifs is 4. The van der Waals surface area contributed by atoms with Crippen LogP contribution in [-0.2, 0) is 24.6 Å². The third-order valence-corrected chi connectivity index (χ3v) is 11.3. The average Bonchev–Trinajstić information content (AvgIpc) is 3.55. The number of anilines is 2. The fraction of sp³-hybridized carbons (Fsp3) is 0.250. The fourth-order valence-corrected chi connectivity index (χ4v) is 9.20. The van der Waals surface area contributed by atoms with E-state index < -0.39 is 63.6 Å². The van der Waals surface area contributed by atoms with Gasteiger partial charge in [0.05, 0.1) is 46.1 Å². The van der Waals surface area contributed by atoms with Crippen LogP contribution in [0.5, 0.6) is 5.75 Å². The maximum absolute atomic E-state index is 15.3. The van der Waals surface area contributed by atoms with Gasteiger partial charge in [0.1, 0.15) is 12.4 Å². The van der Waals surface area contributed by atoms with Gasteiger partial charge in [0.25, 0.3) is 5.69 Å². The van der Waals surface area contributed by atoms with Gasteiger partial charge in [-0.1, -0.05) is 71.8 Å². The molecule has 4 aliphatic rings. The van der Waals surface area contributed by atoms with Crippen LogP contribution in [0.2, 0.25) is 5.02 Å². The lowest BCUT2D eigenvalue weighted by molar-refractivity contribution is -0.384. The Morgan fingerprint density at radius 3 is 2.23 bits per heavy atom. The third-order valence-electron chi connectivity index (χ3n) is 11.1. The Labute approximate surface area is 303 Å². The van der Waals surface area contributed by atoms with E-state index in [-0.39, 0.29) is 37.4 Å². The predicted octanol–water partition coefficient (Wildman–Crippen LogP) is 5.99. The molecule has 0 aromatic heterocycles. The Morgan fingerprint density at radius 2 is 1.56 bits per heavy atom. The first-order valence-corrected chi connectivity index (χ1v) is 17.4. The summed E-state index contributed by atoms with van der Waals surface area (Å²) in [5.41, 5.74) is 1.15. The number of nitro groups is 1. The van der Waals surface area contributed by atoms with E-state index in [0.717, 1.165) is 16.0 Å². The van der Waals surface area contributed by atoms with E-state index in [1.54, 1.807) is 36.4 Å². The first-order chi connectivity index (χ1) is 25.2. The molecule has 52 heavy (non-hydrogen) atoms. The lowest BCUT2D eigenvalue weighted by Crippen LogP contribution is -2.53. The molecule has 4 aromatic carbocycles. The molecule has 4 aromatic rings. The number of nitro benzene ring substituents is 1. The van der Waals surface area contributed by atoms with Gasteiger partial charge in [0.15, 0.2) is 0 Å². The lowest BCUT2D eigenvalue weighted by Gasteiger charge is -2.50. The molecule has 4 amide bonds. The standard InChI is InChI=1S/C40H32ClN3O8/c41-25-7-4-8-28(21-25)43-37(47)33-22-32-30(17-18-31-34(32)38(48)42(36(31)46)26-11-13-27(14-12-26)44(50)51)35(23-9-15-29(16-10-23)52-20-19-45)40(33,39(43)49)24-5-2-1-3-6-24/h1-17,21,31-35,45H,18-20,22H2. The maximum atomic E-state index is 15.3. The van der Waals surface area contributed by atoms with Gasteiger partial charge in [0.2, 0.25) is 23.6 Å². The number of ether oxygens (including phenoxy) is 1. The third kappa shape index (κ3) is 4.98. The molecule has 6 unspecified atom stereocenters. The molecule has 3 fully saturated rings. The van der Waals surface area contributed by atoms with Crippen molar-refractivity contribution in [3.8, 4) is 5.75 Å². The molecule has 6 atom stereocenters. The number of carbonyl (C=O) groups excluding carboxylic acids is 4. The molecular weight excluding hydrogens is 686 g/mol. The Hall–Kier alpha value is -5.65. The number of aliphatic hydroxyl groups excluding tert-OH is 1. The molecule has 0 spiro atoms.